The summed E-state index contributed by atoms with van der Waals surface area (Å²) in [6.07, 6.45) is 8.10. The predicted octanol–water partition coefficient (Wildman–Crippen LogP) is 5.91. The molecule has 1 saturated carbocycles. The normalized spacial score (nSPS) is 23.1. The molecule has 0 amide bonds. The molecule has 0 saturated heterocycles. The molecule has 162 valence electrons. The molecule has 3 atom stereocenters. The molecule has 3 heteroatoms. The van der Waals surface area contributed by atoms with Crippen molar-refractivity contribution in [1.29, 1.82) is 0 Å². The van der Waals surface area contributed by atoms with Gasteiger partial charge in [-0.05, 0) is 53.9 Å². The number of para-hydroxylation sites is 1. The van der Waals surface area contributed by atoms with Crippen molar-refractivity contribution in [2.45, 2.75) is 76.4 Å². The first-order valence-electron chi connectivity index (χ1n) is 12.0. The highest BCUT2D eigenvalue weighted by atomic mass is 16.5. The fourth-order valence-electron chi connectivity index (χ4n) is 5.41. The molecule has 0 radical (unpaired) electrons. The summed E-state index contributed by atoms with van der Waals surface area (Å²) in [6.45, 7) is 5.98. The third kappa shape index (κ3) is 4.73. The van der Waals surface area contributed by atoms with E-state index in [-0.39, 0.29) is 6.04 Å². The first kappa shape index (κ1) is 21.4. The van der Waals surface area contributed by atoms with Crippen LogP contribution < -0.4 is 15.8 Å². The van der Waals surface area contributed by atoms with E-state index in [1.165, 1.54) is 48.8 Å². The number of ether oxygens (including phenoxy) is 1. The lowest BCUT2D eigenvalue weighted by Crippen LogP contribution is -2.39. The molecule has 1 heterocycles. The van der Waals surface area contributed by atoms with Gasteiger partial charge in [0.15, 0.2) is 0 Å². The van der Waals surface area contributed by atoms with E-state index in [1.807, 2.05) is 0 Å². The fraction of sp³-hybridized carbons (Fsp3) is 0.556. The molecule has 2 aromatic carbocycles. The van der Waals surface area contributed by atoms with Gasteiger partial charge >= 0.3 is 0 Å². The Kier molecular flexibility index (Phi) is 7.12. The lowest BCUT2D eigenvalue weighted by molar-refractivity contribution is 0.0717. The third-order valence-electron chi connectivity index (χ3n) is 7.13. The molecule has 0 aromatic heterocycles. The number of hydrogen-bond donors (Lipinski definition) is 2. The fourth-order valence-corrected chi connectivity index (χ4v) is 5.41. The number of nitrogens with one attached hydrogen (secondary N) is 1. The van der Waals surface area contributed by atoms with E-state index < -0.39 is 0 Å². The number of hydrogen-bond acceptors (Lipinski definition) is 3. The maximum Gasteiger partial charge on any atom is 0.123 e. The van der Waals surface area contributed by atoms with E-state index in [9.17, 15) is 0 Å². The summed E-state index contributed by atoms with van der Waals surface area (Å²) in [6, 6.07) is 18.2. The van der Waals surface area contributed by atoms with Crippen molar-refractivity contribution in [2.75, 3.05) is 13.1 Å². The maximum absolute atomic E-state index is 6.59. The molecule has 3 N–H and O–H groups in total. The first-order valence-corrected chi connectivity index (χ1v) is 12.0. The monoisotopic (exact) mass is 406 g/mol. The van der Waals surface area contributed by atoms with Crippen LogP contribution in [0.2, 0.25) is 0 Å². The molecule has 4 rings (SSSR count). The summed E-state index contributed by atoms with van der Waals surface area (Å²) < 4.78 is 6.59. The second-order valence-electron chi connectivity index (χ2n) is 9.48. The molecule has 2 aromatic rings. The van der Waals surface area contributed by atoms with Gasteiger partial charge in [0, 0.05) is 25.0 Å². The topological polar surface area (TPSA) is 47.3 Å². The van der Waals surface area contributed by atoms with E-state index in [0.717, 1.165) is 18.7 Å². The summed E-state index contributed by atoms with van der Waals surface area (Å²) in [4.78, 5) is 0. The summed E-state index contributed by atoms with van der Waals surface area (Å²) in [5, 5.41) is 3.79. The van der Waals surface area contributed by atoms with E-state index >= 15 is 0 Å². The van der Waals surface area contributed by atoms with Gasteiger partial charge in [-0.1, -0.05) is 75.6 Å². The molecular formula is C27H38N2O. The van der Waals surface area contributed by atoms with E-state index in [4.69, 9.17) is 10.5 Å². The lowest BCUT2D eigenvalue weighted by atomic mass is 9.75. The second-order valence-corrected chi connectivity index (χ2v) is 9.48. The van der Waals surface area contributed by atoms with Crippen molar-refractivity contribution in [3.05, 3.63) is 65.2 Å². The quantitative estimate of drug-likeness (QED) is 0.600. The summed E-state index contributed by atoms with van der Waals surface area (Å²) in [5.41, 5.74) is 9.99. The van der Waals surface area contributed by atoms with Gasteiger partial charge in [-0.15, -0.1) is 0 Å². The minimum absolute atomic E-state index is 0.255. The summed E-state index contributed by atoms with van der Waals surface area (Å²) >= 11 is 0. The summed E-state index contributed by atoms with van der Waals surface area (Å²) in [5.74, 6) is 2.73. The Morgan fingerprint density at radius 3 is 2.37 bits per heavy atom. The van der Waals surface area contributed by atoms with Crippen molar-refractivity contribution in [3.8, 4) is 5.75 Å². The summed E-state index contributed by atoms with van der Waals surface area (Å²) in [7, 11) is 0. The maximum atomic E-state index is 6.59. The van der Waals surface area contributed by atoms with Gasteiger partial charge in [-0.3, -0.25) is 0 Å². The average molecular weight is 407 g/mol. The van der Waals surface area contributed by atoms with Crippen molar-refractivity contribution < 1.29 is 4.74 Å². The molecule has 0 spiro atoms. The van der Waals surface area contributed by atoms with Crippen LogP contribution in [0.25, 0.3) is 0 Å². The average Bonchev–Trinajstić information content (AvgIpc) is 2.80. The Morgan fingerprint density at radius 2 is 1.67 bits per heavy atom. The number of fused-ring (bicyclic) bond motifs is 1. The second kappa shape index (κ2) is 9.98. The van der Waals surface area contributed by atoms with Gasteiger partial charge in [0.05, 0.1) is 0 Å². The van der Waals surface area contributed by atoms with Gasteiger partial charge in [0.2, 0.25) is 0 Å². The predicted molar refractivity (Wildman–Crippen MR) is 125 cm³/mol. The van der Waals surface area contributed by atoms with Crippen LogP contribution in [0.15, 0.2) is 48.5 Å². The van der Waals surface area contributed by atoms with Crippen LogP contribution in [0.4, 0.5) is 0 Å². The molecule has 1 aliphatic carbocycles. The highest BCUT2D eigenvalue weighted by Crippen LogP contribution is 2.46. The van der Waals surface area contributed by atoms with Gasteiger partial charge in [-0.25, -0.2) is 0 Å². The van der Waals surface area contributed by atoms with Crippen LogP contribution >= 0.6 is 0 Å². The molecule has 3 unspecified atom stereocenters. The van der Waals surface area contributed by atoms with Gasteiger partial charge < -0.3 is 15.8 Å². The van der Waals surface area contributed by atoms with Crippen LogP contribution in [-0.4, -0.2) is 19.2 Å². The first-order chi connectivity index (χ1) is 14.7. The largest absolute Gasteiger partial charge is 0.490 e. The highest BCUT2D eigenvalue weighted by molar-refractivity contribution is 5.41. The van der Waals surface area contributed by atoms with Crippen LogP contribution in [0.1, 0.15) is 86.9 Å². The Morgan fingerprint density at radius 1 is 0.967 bits per heavy atom. The third-order valence-corrected chi connectivity index (χ3v) is 7.13. The zero-order valence-electron chi connectivity index (χ0n) is 18.6. The smallest absolute Gasteiger partial charge is 0.123 e. The zero-order chi connectivity index (χ0) is 20.9. The Balaban J connectivity index is 1.66. The Hall–Kier alpha value is -1.84. The van der Waals surface area contributed by atoms with Crippen molar-refractivity contribution >= 4 is 0 Å². The molecule has 2 aliphatic rings. The van der Waals surface area contributed by atoms with Crippen molar-refractivity contribution in [3.63, 3.8) is 0 Å². The van der Waals surface area contributed by atoms with E-state index in [1.54, 1.807) is 0 Å². The molecular weight excluding hydrogens is 368 g/mol. The van der Waals surface area contributed by atoms with Crippen LogP contribution in [0.3, 0.4) is 0 Å². The zero-order valence-corrected chi connectivity index (χ0v) is 18.6. The van der Waals surface area contributed by atoms with E-state index in [2.05, 4.69) is 67.7 Å². The van der Waals surface area contributed by atoms with Gasteiger partial charge in [0.25, 0.3) is 0 Å². The lowest BCUT2D eigenvalue weighted by Gasteiger charge is -2.41. The highest BCUT2D eigenvalue weighted by Gasteiger charge is 2.37. The minimum Gasteiger partial charge on any atom is -0.490 e. The van der Waals surface area contributed by atoms with Crippen molar-refractivity contribution in [2.24, 2.45) is 11.7 Å². The molecule has 3 nitrogen and oxygen atoms in total. The number of rotatable bonds is 7. The number of benzene rings is 2. The minimum atomic E-state index is 0.255. The van der Waals surface area contributed by atoms with Crippen molar-refractivity contribution in [1.82, 2.24) is 5.32 Å². The molecule has 0 bridgehead atoms. The van der Waals surface area contributed by atoms with Crippen LogP contribution in [-0.2, 0) is 0 Å². The van der Waals surface area contributed by atoms with Gasteiger partial charge in [0.1, 0.15) is 11.9 Å². The van der Waals surface area contributed by atoms with Crippen LogP contribution in [0, 0.1) is 5.92 Å². The molecule has 1 aliphatic heterocycles. The Bertz CT molecular complexity index is 795. The molecule has 30 heavy (non-hydrogen) atoms. The standard InChI is InChI=1S/C27H38N2O/c1-19(2)20-12-14-22(15-13-20)27(29-17-16-28)24-18-26(21-8-4-3-5-9-21)30-25-11-7-6-10-23(24)25/h6-7,10-15,19,21,24,26-27,29H,3-5,8-9,16-18,28H2,1-2H3. The van der Waals surface area contributed by atoms with Gasteiger partial charge in [-0.2, -0.15) is 0 Å². The number of nitrogens with two attached hydrogens (primary N) is 1. The van der Waals surface area contributed by atoms with Crippen LogP contribution in [0.5, 0.6) is 5.75 Å². The Labute approximate surface area is 182 Å². The van der Waals surface area contributed by atoms with E-state index in [0.29, 0.717) is 30.4 Å². The molecule has 1 fully saturated rings. The SMILES string of the molecule is CC(C)c1ccc(C(NCCN)C2CC(C3CCCCC3)Oc3ccccc32)cc1.